The van der Waals surface area contributed by atoms with Crippen LogP contribution in [0, 0.1) is 0 Å². The van der Waals surface area contributed by atoms with E-state index in [1.807, 2.05) is 14.2 Å². The van der Waals surface area contributed by atoms with Crippen molar-refractivity contribution in [3.05, 3.63) is 0 Å². The Morgan fingerprint density at radius 3 is 2.38 bits per heavy atom. The van der Waals surface area contributed by atoms with Crippen molar-refractivity contribution in [2.45, 2.75) is 50.9 Å². The van der Waals surface area contributed by atoms with Gasteiger partial charge in [-0.05, 0) is 38.4 Å². The first-order valence-electron chi connectivity index (χ1n) is 6.40. The summed E-state index contributed by atoms with van der Waals surface area (Å²) in [6, 6.07) is 1.28. The third kappa shape index (κ3) is 2.43. The maximum Gasteiger partial charge on any atom is 0.268 e. The van der Waals surface area contributed by atoms with Gasteiger partial charge in [-0.3, -0.25) is 4.57 Å². The first-order valence-corrected chi connectivity index (χ1v) is 10.2. The van der Waals surface area contributed by atoms with Crippen LogP contribution in [0.5, 0.6) is 0 Å². The van der Waals surface area contributed by atoms with E-state index in [1.54, 1.807) is 0 Å². The van der Waals surface area contributed by atoms with Crippen LogP contribution in [-0.4, -0.2) is 48.7 Å². The van der Waals surface area contributed by atoms with Gasteiger partial charge in [-0.1, -0.05) is 13.8 Å². The molecule has 1 unspecified atom stereocenters. The zero-order valence-corrected chi connectivity index (χ0v) is 13.9. The fourth-order valence-electron chi connectivity index (χ4n) is 3.07. The lowest BCUT2D eigenvalue weighted by atomic mass is 10.1. The molecule has 3 nitrogen and oxygen atoms in total. The Morgan fingerprint density at radius 2 is 1.94 bits per heavy atom. The van der Waals surface area contributed by atoms with Gasteiger partial charge in [0.05, 0.1) is 0 Å². The summed E-state index contributed by atoms with van der Waals surface area (Å²) in [6.45, 7) is 8.19. The SMILES string of the molecule is CCC(CC)([SiH2]OC)N1CCC[Si]1(C)OC. The highest BCUT2D eigenvalue weighted by atomic mass is 28.4. The summed E-state index contributed by atoms with van der Waals surface area (Å²) in [7, 11) is 1.65. The fourth-order valence-corrected chi connectivity index (χ4v) is 8.99. The van der Waals surface area contributed by atoms with Gasteiger partial charge in [0.1, 0.15) is 0 Å². The lowest BCUT2D eigenvalue weighted by molar-refractivity contribution is 0.198. The van der Waals surface area contributed by atoms with Gasteiger partial charge in [-0.15, -0.1) is 0 Å². The highest BCUT2D eigenvalue weighted by Gasteiger charge is 2.49. The minimum Gasteiger partial charge on any atom is -0.425 e. The van der Waals surface area contributed by atoms with E-state index in [4.69, 9.17) is 8.85 Å². The van der Waals surface area contributed by atoms with E-state index in [0.29, 0.717) is 5.16 Å². The predicted molar refractivity (Wildman–Crippen MR) is 73.6 cm³/mol. The summed E-state index contributed by atoms with van der Waals surface area (Å²) in [5.74, 6) is 0. The second-order valence-electron chi connectivity index (χ2n) is 5.00. The molecular formula is C11H27NO2Si2. The average molecular weight is 262 g/mol. The van der Waals surface area contributed by atoms with Crippen molar-refractivity contribution in [2.75, 3.05) is 20.8 Å². The molecule has 5 heteroatoms. The van der Waals surface area contributed by atoms with E-state index < -0.39 is 18.2 Å². The van der Waals surface area contributed by atoms with Crippen LogP contribution in [0.1, 0.15) is 33.1 Å². The molecule has 1 aliphatic rings. The van der Waals surface area contributed by atoms with Gasteiger partial charge in [0, 0.05) is 19.4 Å². The van der Waals surface area contributed by atoms with E-state index >= 15 is 0 Å². The van der Waals surface area contributed by atoms with E-state index in [-0.39, 0.29) is 0 Å². The second-order valence-corrected chi connectivity index (χ2v) is 11.0. The maximum atomic E-state index is 5.90. The van der Waals surface area contributed by atoms with Gasteiger partial charge in [0.2, 0.25) is 0 Å². The monoisotopic (exact) mass is 261 g/mol. The third-order valence-corrected chi connectivity index (χ3v) is 10.9. The molecule has 0 radical (unpaired) electrons. The van der Waals surface area contributed by atoms with Crippen molar-refractivity contribution >= 4 is 18.2 Å². The van der Waals surface area contributed by atoms with E-state index in [2.05, 4.69) is 25.0 Å². The van der Waals surface area contributed by atoms with Crippen LogP contribution in [0.15, 0.2) is 0 Å². The molecule has 1 fully saturated rings. The van der Waals surface area contributed by atoms with E-state index in [0.717, 1.165) is 0 Å². The summed E-state index contributed by atoms with van der Waals surface area (Å²) in [5.41, 5.74) is 0. The molecule has 0 aromatic carbocycles. The molecule has 0 aromatic heterocycles. The van der Waals surface area contributed by atoms with Gasteiger partial charge in [0.25, 0.3) is 8.48 Å². The van der Waals surface area contributed by atoms with Crippen LogP contribution in [0.2, 0.25) is 12.6 Å². The molecule has 1 aliphatic heterocycles. The first-order chi connectivity index (χ1) is 7.58. The normalized spacial score (nSPS) is 28.3. The summed E-state index contributed by atoms with van der Waals surface area (Å²) >= 11 is 0. The molecule has 0 spiro atoms. The van der Waals surface area contributed by atoms with Crippen molar-refractivity contribution < 1.29 is 8.85 Å². The van der Waals surface area contributed by atoms with Gasteiger partial charge in [0.15, 0.2) is 9.76 Å². The molecule has 1 rings (SSSR count). The summed E-state index contributed by atoms with van der Waals surface area (Å²) in [5, 5.41) is 0.336. The topological polar surface area (TPSA) is 21.7 Å². The Bertz CT molecular complexity index is 224. The summed E-state index contributed by atoms with van der Waals surface area (Å²) in [4.78, 5) is 0. The van der Waals surface area contributed by atoms with Crippen LogP contribution in [-0.2, 0) is 8.85 Å². The van der Waals surface area contributed by atoms with Gasteiger partial charge in [-0.25, -0.2) is 0 Å². The number of hydrogen-bond donors (Lipinski definition) is 0. The Balaban J connectivity index is 2.93. The lowest BCUT2D eigenvalue weighted by Crippen LogP contribution is -2.63. The summed E-state index contributed by atoms with van der Waals surface area (Å²) < 4.78 is 14.2. The lowest BCUT2D eigenvalue weighted by Gasteiger charge is -2.46. The zero-order chi connectivity index (χ0) is 12.2. The third-order valence-electron chi connectivity index (χ3n) is 4.33. The van der Waals surface area contributed by atoms with Crippen LogP contribution in [0.25, 0.3) is 0 Å². The number of hydrogen-bond acceptors (Lipinski definition) is 3. The largest absolute Gasteiger partial charge is 0.425 e. The molecule has 1 saturated heterocycles. The van der Waals surface area contributed by atoms with Crippen molar-refractivity contribution in [2.24, 2.45) is 0 Å². The van der Waals surface area contributed by atoms with E-state index in [1.165, 1.54) is 31.9 Å². The Hall–Kier alpha value is 0.314. The molecule has 0 amide bonds. The smallest absolute Gasteiger partial charge is 0.268 e. The molecule has 0 N–H and O–H groups in total. The van der Waals surface area contributed by atoms with Crippen molar-refractivity contribution in [1.29, 1.82) is 0 Å². The molecule has 0 bridgehead atoms. The van der Waals surface area contributed by atoms with Gasteiger partial charge >= 0.3 is 0 Å². The Morgan fingerprint density at radius 1 is 1.31 bits per heavy atom. The molecule has 1 atom stereocenters. The van der Waals surface area contributed by atoms with Crippen LogP contribution >= 0.6 is 0 Å². The van der Waals surface area contributed by atoms with Crippen molar-refractivity contribution in [3.8, 4) is 0 Å². The molecule has 0 aliphatic carbocycles. The molecule has 1 heterocycles. The molecule has 0 saturated carbocycles. The van der Waals surface area contributed by atoms with Gasteiger partial charge in [-0.2, -0.15) is 0 Å². The molecule has 96 valence electrons. The second kappa shape index (κ2) is 5.77. The van der Waals surface area contributed by atoms with Gasteiger partial charge < -0.3 is 8.85 Å². The van der Waals surface area contributed by atoms with Crippen LogP contribution in [0.4, 0.5) is 0 Å². The van der Waals surface area contributed by atoms with Crippen LogP contribution in [0.3, 0.4) is 0 Å². The predicted octanol–water partition coefficient (Wildman–Crippen LogP) is 1.66. The number of nitrogens with zero attached hydrogens (tertiary/aromatic N) is 1. The Kier molecular flexibility index (Phi) is 5.19. The zero-order valence-electron chi connectivity index (χ0n) is 11.5. The molecular weight excluding hydrogens is 234 g/mol. The highest BCUT2D eigenvalue weighted by Crippen LogP contribution is 2.36. The fraction of sp³-hybridized carbons (Fsp3) is 1.00. The van der Waals surface area contributed by atoms with Crippen LogP contribution < -0.4 is 0 Å². The summed E-state index contributed by atoms with van der Waals surface area (Å²) in [6.07, 6.45) is 3.71. The molecule has 16 heavy (non-hydrogen) atoms. The maximum absolute atomic E-state index is 5.90. The number of rotatable bonds is 6. The highest BCUT2D eigenvalue weighted by molar-refractivity contribution is 6.71. The minimum absolute atomic E-state index is 0.336. The van der Waals surface area contributed by atoms with Crippen molar-refractivity contribution in [1.82, 2.24) is 4.57 Å². The molecule has 0 aromatic rings. The van der Waals surface area contributed by atoms with Crippen molar-refractivity contribution in [3.63, 3.8) is 0 Å². The Labute approximate surface area is 104 Å². The standard InChI is InChI=1S/C11H27NO2Si2/c1-6-11(7-2,15-13-3)12-9-8-10-16(12,5)14-4/h6-10,15H2,1-5H3. The van der Waals surface area contributed by atoms with E-state index in [9.17, 15) is 0 Å². The first kappa shape index (κ1) is 14.4. The average Bonchev–Trinajstić information content (AvgIpc) is 2.70. The minimum atomic E-state index is -1.62. The quantitative estimate of drug-likeness (QED) is 0.679.